The maximum atomic E-state index is 11.9. The molecule has 0 spiro atoms. The molecule has 1 aromatic carbocycles. The van der Waals surface area contributed by atoms with Crippen molar-refractivity contribution in [1.29, 1.82) is 0 Å². The molecule has 0 atom stereocenters. The third-order valence-electron chi connectivity index (χ3n) is 2.64. The number of hydrogen-bond acceptors (Lipinski definition) is 4. The smallest absolute Gasteiger partial charge is 0.376 e. The predicted octanol–water partition coefficient (Wildman–Crippen LogP) is 3.18. The lowest BCUT2D eigenvalue weighted by Crippen LogP contribution is -2.14. The molecule has 0 aliphatic rings. The van der Waals surface area contributed by atoms with E-state index in [1.165, 1.54) is 0 Å². The molecule has 106 valence electrons. The molecule has 0 radical (unpaired) electrons. The van der Waals surface area contributed by atoms with Crippen LogP contribution < -0.4 is 5.32 Å². The first-order valence-corrected chi connectivity index (χ1v) is 6.75. The number of nitrogens with one attached hydrogen (secondary N) is 1. The van der Waals surface area contributed by atoms with E-state index in [2.05, 4.69) is 5.32 Å². The van der Waals surface area contributed by atoms with Crippen molar-refractivity contribution >= 4 is 40.1 Å². The van der Waals surface area contributed by atoms with E-state index >= 15 is 0 Å². The molecule has 0 aliphatic heterocycles. The van der Waals surface area contributed by atoms with Crippen molar-refractivity contribution in [3.05, 3.63) is 30.0 Å². The molecule has 1 aromatic heterocycles. The highest BCUT2D eigenvalue weighted by molar-refractivity contribution is 6.19. The van der Waals surface area contributed by atoms with Gasteiger partial charge in [-0.1, -0.05) is 12.1 Å². The summed E-state index contributed by atoms with van der Waals surface area (Å²) in [6.07, 6.45) is 0.156. The van der Waals surface area contributed by atoms with Gasteiger partial charge < -0.3 is 14.5 Å². The topological polar surface area (TPSA) is 68.5 Å². The zero-order valence-corrected chi connectivity index (χ0v) is 11.7. The largest absolute Gasteiger partial charge is 0.460 e. The number of para-hydroxylation sites is 1. The number of fused-ring (bicyclic) bond motifs is 1. The van der Waals surface area contributed by atoms with Crippen LogP contribution in [0.15, 0.2) is 28.7 Å². The molecule has 2 rings (SSSR count). The molecule has 20 heavy (non-hydrogen) atoms. The number of carbonyl (C=O) groups excluding carboxylic acids is 2. The maximum absolute atomic E-state index is 11.9. The maximum Gasteiger partial charge on any atom is 0.376 e. The summed E-state index contributed by atoms with van der Waals surface area (Å²) in [6, 6.07) is 7.06. The number of rotatable bonds is 5. The minimum Gasteiger partial charge on any atom is -0.460 e. The fourth-order valence-electron chi connectivity index (χ4n) is 1.80. The van der Waals surface area contributed by atoms with Gasteiger partial charge in [-0.15, -0.1) is 11.6 Å². The average Bonchev–Trinajstić information content (AvgIpc) is 2.78. The number of carbonyl (C=O) groups is 2. The lowest BCUT2D eigenvalue weighted by atomic mass is 10.2. The van der Waals surface area contributed by atoms with Crippen LogP contribution in [-0.2, 0) is 9.53 Å². The quantitative estimate of drug-likeness (QED) is 0.679. The van der Waals surface area contributed by atoms with Crippen LogP contribution in [0, 0.1) is 0 Å². The second-order valence-electron chi connectivity index (χ2n) is 4.01. The summed E-state index contributed by atoms with van der Waals surface area (Å²) in [5, 5.41) is 3.31. The van der Waals surface area contributed by atoms with Gasteiger partial charge in [0.1, 0.15) is 11.3 Å². The molecule has 6 heteroatoms. The lowest BCUT2D eigenvalue weighted by molar-refractivity contribution is -0.115. The molecular weight excluding hydrogens is 282 g/mol. The van der Waals surface area contributed by atoms with E-state index in [1.807, 2.05) is 0 Å². The van der Waals surface area contributed by atoms with Crippen LogP contribution in [-0.4, -0.2) is 24.4 Å². The van der Waals surface area contributed by atoms with Crippen LogP contribution in [0.5, 0.6) is 0 Å². The van der Waals surface area contributed by atoms with Crippen molar-refractivity contribution in [2.24, 2.45) is 0 Å². The Labute approximate surface area is 120 Å². The molecule has 5 nitrogen and oxygen atoms in total. The SMILES string of the molecule is CCOC(=O)c1oc2ccccc2c1NC(=O)CCCl. The molecule has 0 fully saturated rings. The van der Waals surface area contributed by atoms with Crippen LogP contribution in [0.25, 0.3) is 11.0 Å². The molecule has 1 amide bonds. The van der Waals surface area contributed by atoms with Gasteiger partial charge in [0.05, 0.1) is 6.61 Å². The summed E-state index contributed by atoms with van der Waals surface area (Å²) in [6.45, 7) is 1.93. The van der Waals surface area contributed by atoms with Gasteiger partial charge in [0, 0.05) is 17.7 Å². The summed E-state index contributed by atoms with van der Waals surface area (Å²) in [7, 11) is 0. The number of benzene rings is 1. The van der Waals surface area contributed by atoms with Crippen molar-refractivity contribution in [3.63, 3.8) is 0 Å². The highest BCUT2D eigenvalue weighted by atomic mass is 35.5. The van der Waals surface area contributed by atoms with Crippen LogP contribution >= 0.6 is 11.6 Å². The number of furan rings is 1. The summed E-state index contributed by atoms with van der Waals surface area (Å²) in [5.74, 6) is -0.686. The molecule has 1 N–H and O–H groups in total. The Morgan fingerprint density at radius 1 is 1.35 bits per heavy atom. The second kappa shape index (κ2) is 6.43. The van der Waals surface area contributed by atoms with Crippen molar-refractivity contribution < 1.29 is 18.7 Å². The Morgan fingerprint density at radius 2 is 2.10 bits per heavy atom. The summed E-state index contributed by atoms with van der Waals surface area (Å²) in [4.78, 5) is 23.6. The monoisotopic (exact) mass is 295 g/mol. The Hall–Kier alpha value is -2.01. The van der Waals surface area contributed by atoms with Crippen LogP contribution in [0.1, 0.15) is 23.9 Å². The third kappa shape index (κ3) is 2.93. The fourth-order valence-corrected chi connectivity index (χ4v) is 1.97. The van der Waals surface area contributed by atoms with E-state index in [-0.39, 0.29) is 30.6 Å². The minimum atomic E-state index is -0.607. The Balaban J connectivity index is 2.44. The predicted molar refractivity (Wildman–Crippen MR) is 76.1 cm³/mol. The van der Waals surface area contributed by atoms with Crippen molar-refractivity contribution in [1.82, 2.24) is 0 Å². The standard InChI is InChI=1S/C14H14ClNO4/c1-2-19-14(18)13-12(16-11(17)7-8-15)9-5-3-4-6-10(9)20-13/h3-6H,2,7-8H2,1H3,(H,16,17). The first-order chi connectivity index (χ1) is 9.67. The molecule has 0 saturated carbocycles. The molecule has 1 heterocycles. The van der Waals surface area contributed by atoms with Crippen molar-refractivity contribution in [2.75, 3.05) is 17.8 Å². The van der Waals surface area contributed by atoms with Crippen LogP contribution in [0.3, 0.4) is 0 Å². The third-order valence-corrected chi connectivity index (χ3v) is 2.83. The number of anilines is 1. The van der Waals surface area contributed by atoms with E-state index < -0.39 is 5.97 Å². The van der Waals surface area contributed by atoms with Gasteiger partial charge in [0.25, 0.3) is 0 Å². The van der Waals surface area contributed by atoms with Crippen molar-refractivity contribution in [3.8, 4) is 0 Å². The Bertz CT molecular complexity index is 635. The zero-order valence-electron chi connectivity index (χ0n) is 10.9. The average molecular weight is 296 g/mol. The molecule has 0 saturated heterocycles. The number of hydrogen-bond donors (Lipinski definition) is 1. The molecule has 0 aliphatic carbocycles. The van der Waals surface area contributed by atoms with Gasteiger partial charge in [0.15, 0.2) is 0 Å². The van der Waals surface area contributed by atoms with Gasteiger partial charge in [-0.3, -0.25) is 4.79 Å². The summed E-state index contributed by atoms with van der Waals surface area (Å²) in [5.41, 5.74) is 0.839. The first-order valence-electron chi connectivity index (χ1n) is 6.21. The minimum absolute atomic E-state index is 0.00373. The highest BCUT2D eigenvalue weighted by Gasteiger charge is 2.22. The molecule has 2 aromatic rings. The summed E-state index contributed by atoms with van der Waals surface area (Å²) < 4.78 is 10.4. The van der Waals surface area contributed by atoms with Crippen LogP contribution in [0.2, 0.25) is 0 Å². The summed E-state index contributed by atoms with van der Waals surface area (Å²) >= 11 is 5.53. The fraction of sp³-hybridized carbons (Fsp3) is 0.286. The Kier molecular flexibility index (Phi) is 4.63. The second-order valence-corrected chi connectivity index (χ2v) is 4.39. The zero-order chi connectivity index (χ0) is 14.5. The number of esters is 1. The first kappa shape index (κ1) is 14.4. The van der Waals surface area contributed by atoms with E-state index in [1.54, 1.807) is 31.2 Å². The van der Waals surface area contributed by atoms with E-state index in [4.69, 9.17) is 20.8 Å². The number of alkyl halides is 1. The molecule has 0 unspecified atom stereocenters. The molecular formula is C14H14ClNO4. The normalized spacial score (nSPS) is 10.5. The van der Waals surface area contributed by atoms with Gasteiger partial charge in [-0.05, 0) is 19.1 Å². The Morgan fingerprint density at radius 3 is 2.80 bits per heavy atom. The number of halogens is 1. The van der Waals surface area contributed by atoms with Gasteiger partial charge in [-0.25, -0.2) is 4.79 Å². The van der Waals surface area contributed by atoms with Crippen molar-refractivity contribution in [2.45, 2.75) is 13.3 Å². The van der Waals surface area contributed by atoms with Gasteiger partial charge in [-0.2, -0.15) is 0 Å². The van der Waals surface area contributed by atoms with E-state index in [0.717, 1.165) is 0 Å². The number of amides is 1. The lowest BCUT2D eigenvalue weighted by Gasteiger charge is -2.04. The van der Waals surface area contributed by atoms with E-state index in [9.17, 15) is 9.59 Å². The highest BCUT2D eigenvalue weighted by Crippen LogP contribution is 2.31. The van der Waals surface area contributed by atoms with Gasteiger partial charge in [0.2, 0.25) is 11.7 Å². The molecule has 0 bridgehead atoms. The number of ether oxygens (including phenoxy) is 1. The van der Waals surface area contributed by atoms with E-state index in [0.29, 0.717) is 16.7 Å². The van der Waals surface area contributed by atoms with Crippen LogP contribution in [0.4, 0.5) is 5.69 Å². The van der Waals surface area contributed by atoms with Gasteiger partial charge >= 0.3 is 5.97 Å².